The highest BCUT2D eigenvalue weighted by molar-refractivity contribution is 5.68. The molecular weight excluding hydrogens is 118 g/mol. The molecule has 0 atom stereocenters. The number of aldehydes is 1. The molecule has 4 nitrogen and oxygen atoms in total. The molecule has 0 unspecified atom stereocenters. The predicted molar refractivity (Wildman–Crippen MR) is 31.9 cm³/mol. The maximum atomic E-state index is 10.0. The van der Waals surface area contributed by atoms with Gasteiger partial charge in [0.05, 0.1) is 6.20 Å². The van der Waals surface area contributed by atoms with Crippen LogP contribution in [0.4, 0.5) is 0 Å². The standard InChI is InChI=1S/C5H7N3O/c6-1-4-2-7-5(3-9)8-4/h2-3H,1,6H2,(H,7,8). The lowest BCUT2D eigenvalue weighted by Crippen LogP contribution is -1.95. The molecule has 0 aliphatic rings. The number of H-pyrrole nitrogens is 1. The molecular formula is C5H7N3O. The van der Waals surface area contributed by atoms with E-state index in [0.29, 0.717) is 18.7 Å². The summed E-state index contributed by atoms with van der Waals surface area (Å²) in [6.07, 6.45) is 2.20. The maximum absolute atomic E-state index is 10.0. The van der Waals surface area contributed by atoms with Crippen molar-refractivity contribution in [2.75, 3.05) is 0 Å². The van der Waals surface area contributed by atoms with Crippen LogP contribution in [0.25, 0.3) is 0 Å². The van der Waals surface area contributed by atoms with Gasteiger partial charge in [0.25, 0.3) is 0 Å². The highest BCUT2D eigenvalue weighted by Crippen LogP contribution is 1.91. The van der Waals surface area contributed by atoms with E-state index < -0.39 is 0 Å². The summed E-state index contributed by atoms with van der Waals surface area (Å²) in [7, 11) is 0. The fourth-order valence-corrected chi connectivity index (χ4v) is 0.540. The van der Waals surface area contributed by atoms with Crippen LogP contribution in [0.15, 0.2) is 6.20 Å². The largest absolute Gasteiger partial charge is 0.339 e. The van der Waals surface area contributed by atoms with E-state index in [9.17, 15) is 4.79 Å². The number of hydrogen-bond donors (Lipinski definition) is 2. The number of carbonyl (C=O) groups is 1. The van der Waals surface area contributed by atoms with E-state index in [-0.39, 0.29) is 0 Å². The summed E-state index contributed by atoms with van der Waals surface area (Å²) in [5.74, 6) is 0.329. The van der Waals surface area contributed by atoms with Crippen LogP contribution in [0.3, 0.4) is 0 Å². The molecule has 0 radical (unpaired) electrons. The van der Waals surface area contributed by atoms with Crippen molar-refractivity contribution in [1.29, 1.82) is 0 Å². The van der Waals surface area contributed by atoms with Gasteiger partial charge >= 0.3 is 0 Å². The number of aromatic amines is 1. The third-order valence-electron chi connectivity index (χ3n) is 0.980. The Bertz CT molecular complexity index is 206. The highest BCUT2D eigenvalue weighted by atomic mass is 16.1. The summed E-state index contributed by atoms with van der Waals surface area (Å²) in [6.45, 7) is 0.390. The second-order valence-electron chi connectivity index (χ2n) is 1.62. The molecule has 0 aliphatic heterocycles. The lowest BCUT2D eigenvalue weighted by Gasteiger charge is -1.82. The van der Waals surface area contributed by atoms with Gasteiger partial charge in [0.1, 0.15) is 0 Å². The summed E-state index contributed by atoms with van der Waals surface area (Å²) >= 11 is 0. The lowest BCUT2D eigenvalue weighted by molar-refractivity contribution is 0.111. The second kappa shape index (κ2) is 2.41. The first-order valence-corrected chi connectivity index (χ1v) is 2.56. The SMILES string of the molecule is NCc1cnc(C=O)[nH]1. The first-order chi connectivity index (χ1) is 4.36. The van der Waals surface area contributed by atoms with Crippen molar-refractivity contribution >= 4 is 6.29 Å². The second-order valence-corrected chi connectivity index (χ2v) is 1.62. The summed E-state index contributed by atoms with van der Waals surface area (Å²) in [4.78, 5) is 16.4. The average molecular weight is 125 g/mol. The summed E-state index contributed by atoms with van der Waals surface area (Å²) in [5, 5.41) is 0. The lowest BCUT2D eigenvalue weighted by atomic mass is 10.5. The van der Waals surface area contributed by atoms with E-state index in [0.717, 1.165) is 5.69 Å². The topological polar surface area (TPSA) is 71.8 Å². The molecule has 0 fully saturated rings. The number of carbonyl (C=O) groups excluding carboxylic acids is 1. The summed E-state index contributed by atoms with van der Waals surface area (Å²) in [5.41, 5.74) is 6.01. The van der Waals surface area contributed by atoms with Crippen molar-refractivity contribution in [3.63, 3.8) is 0 Å². The van der Waals surface area contributed by atoms with Crippen molar-refractivity contribution < 1.29 is 4.79 Å². The zero-order valence-corrected chi connectivity index (χ0v) is 4.79. The van der Waals surface area contributed by atoms with Crippen LogP contribution in [0.1, 0.15) is 16.3 Å². The zero-order valence-electron chi connectivity index (χ0n) is 4.79. The van der Waals surface area contributed by atoms with Crippen LogP contribution < -0.4 is 5.73 Å². The summed E-state index contributed by atoms with van der Waals surface area (Å²) in [6, 6.07) is 0. The number of hydrogen-bond acceptors (Lipinski definition) is 3. The molecule has 1 rings (SSSR count). The molecule has 9 heavy (non-hydrogen) atoms. The Hall–Kier alpha value is -1.16. The van der Waals surface area contributed by atoms with Gasteiger partial charge in [-0.15, -0.1) is 0 Å². The van der Waals surface area contributed by atoms with Gasteiger partial charge < -0.3 is 10.7 Å². The number of rotatable bonds is 2. The Morgan fingerprint density at radius 3 is 3.00 bits per heavy atom. The Balaban J connectivity index is 2.86. The van der Waals surface area contributed by atoms with Crippen LogP contribution in [0.2, 0.25) is 0 Å². The number of nitrogens with two attached hydrogens (primary N) is 1. The smallest absolute Gasteiger partial charge is 0.185 e. The van der Waals surface area contributed by atoms with Crippen LogP contribution in [-0.4, -0.2) is 16.3 Å². The Kier molecular flexibility index (Phi) is 1.60. The van der Waals surface area contributed by atoms with E-state index >= 15 is 0 Å². The summed E-state index contributed by atoms with van der Waals surface area (Å²) < 4.78 is 0. The van der Waals surface area contributed by atoms with E-state index in [4.69, 9.17) is 5.73 Å². The molecule has 0 aliphatic carbocycles. The molecule has 0 aromatic carbocycles. The quantitative estimate of drug-likeness (QED) is 0.532. The normalized spacial score (nSPS) is 9.44. The van der Waals surface area contributed by atoms with Gasteiger partial charge in [-0.2, -0.15) is 0 Å². The molecule has 48 valence electrons. The first-order valence-electron chi connectivity index (χ1n) is 2.56. The Morgan fingerprint density at radius 2 is 2.67 bits per heavy atom. The third-order valence-corrected chi connectivity index (χ3v) is 0.980. The highest BCUT2D eigenvalue weighted by Gasteiger charge is 1.93. The fraction of sp³-hybridized carbons (Fsp3) is 0.200. The van der Waals surface area contributed by atoms with Gasteiger partial charge in [0.15, 0.2) is 12.1 Å². The van der Waals surface area contributed by atoms with Gasteiger partial charge in [-0.3, -0.25) is 4.79 Å². The molecule has 1 aromatic rings. The molecule has 0 bridgehead atoms. The molecule has 0 amide bonds. The molecule has 4 heteroatoms. The van der Waals surface area contributed by atoms with Gasteiger partial charge in [-0.25, -0.2) is 4.98 Å². The van der Waals surface area contributed by atoms with Crippen LogP contribution >= 0.6 is 0 Å². The van der Waals surface area contributed by atoms with Crippen molar-refractivity contribution in [2.24, 2.45) is 5.73 Å². The fourth-order valence-electron chi connectivity index (χ4n) is 0.540. The molecule has 0 spiro atoms. The van der Waals surface area contributed by atoms with Gasteiger partial charge in [-0.05, 0) is 0 Å². The molecule has 1 aromatic heterocycles. The maximum Gasteiger partial charge on any atom is 0.185 e. The van der Waals surface area contributed by atoms with E-state index in [1.807, 2.05) is 0 Å². The molecule has 1 heterocycles. The zero-order chi connectivity index (χ0) is 6.69. The van der Waals surface area contributed by atoms with Crippen molar-refractivity contribution in [3.8, 4) is 0 Å². The molecule has 3 N–H and O–H groups in total. The number of aromatic nitrogens is 2. The Labute approximate surface area is 52.1 Å². The van der Waals surface area contributed by atoms with E-state index in [2.05, 4.69) is 9.97 Å². The predicted octanol–water partition coefficient (Wildman–Crippen LogP) is -0.319. The van der Waals surface area contributed by atoms with E-state index in [1.54, 1.807) is 6.20 Å². The molecule has 0 saturated carbocycles. The van der Waals surface area contributed by atoms with Crippen molar-refractivity contribution in [3.05, 3.63) is 17.7 Å². The van der Waals surface area contributed by atoms with Gasteiger partial charge in [-0.1, -0.05) is 0 Å². The Morgan fingerprint density at radius 1 is 1.89 bits per heavy atom. The number of imidazole rings is 1. The minimum Gasteiger partial charge on any atom is -0.339 e. The third kappa shape index (κ3) is 1.14. The van der Waals surface area contributed by atoms with Gasteiger partial charge in [0, 0.05) is 12.2 Å². The van der Waals surface area contributed by atoms with E-state index in [1.165, 1.54) is 0 Å². The first kappa shape index (κ1) is 5.97. The number of nitrogens with one attached hydrogen (secondary N) is 1. The van der Waals surface area contributed by atoms with Crippen LogP contribution in [0, 0.1) is 0 Å². The molecule has 0 saturated heterocycles. The van der Waals surface area contributed by atoms with Gasteiger partial charge in [0.2, 0.25) is 0 Å². The van der Waals surface area contributed by atoms with Crippen LogP contribution in [-0.2, 0) is 6.54 Å². The van der Waals surface area contributed by atoms with Crippen LogP contribution in [0.5, 0.6) is 0 Å². The monoisotopic (exact) mass is 125 g/mol. The number of nitrogens with zero attached hydrogens (tertiary/aromatic N) is 1. The minimum atomic E-state index is 0.329. The van der Waals surface area contributed by atoms with Crippen molar-refractivity contribution in [2.45, 2.75) is 6.54 Å². The minimum absolute atomic E-state index is 0.329. The van der Waals surface area contributed by atoms with Crippen molar-refractivity contribution in [1.82, 2.24) is 9.97 Å². The average Bonchev–Trinajstić information content (AvgIpc) is 2.34.